The number of hydrogen-bond donors (Lipinski definition) is 1. The van der Waals surface area contributed by atoms with E-state index in [9.17, 15) is 14.9 Å². The Bertz CT molecular complexity index is 787. The van der Waals surface area contributed by atoms with Gasteiger partial charge in [0, 0.05) is 35.4 Å². The van der Waals surface area contributed by atoms with E-state index in [-0.39, 0.29) is 11.6 Å². The Labute approximate surface area is 150 Å². The Balaban J connectivity index is 1.76. The number of likely N-dealkylation sites (tertiary alicyclic amines) is 1. The van der Waals surface area contributed by atoms with Gasteiger partial charge in [0.05, 0.1) is 4.92 Å². The summed E-state index contributed by atoms with van der Waals surface area (Å²) in [5.74, 6) is 0.0278. The Hall–Kier alpha value is -2.60. The second kappa shape index (κ2) is 7.53. The maximum absolute atomic E-state index is 12.5. The van der Waals surface area contributed by atoms with Crippen molar-refractivity contribution in [2.24, 2.45) is 0 Å². The lowest BCUT2D eigenvalue weighted by atomic mass is 10.1. The number of carbonyl (C=O) groups excluding carboxylic acids is 1. The molecule has 0 bridgehead atoms. The van der Waals surface area contributed by atoms with Crippen LogP contribution in [0, 0.1) is 10.1 Å². The number of hydrogen-bond acceptors (Lipinski definition) is 4. The van der Waals surface area contributed by atoms with Crippen molar-refractivity contribution in [1.29, 1.82) is 0 Å². The van der Waals surface area contributed by atoms with E-state index in [1.165, 1.54) is 24.6 Å². The van der Waals surface area contributed by atoms with Crippen LogP contribution < -0.4 is 5.32 Å². The second-order valence-corrected chi connectivity index (χ2v) is 6.41. The van der Waals surface area contributed by atoms with E-state index in [2.05, 4.69) is 5.32 Å². The minimum absolute atomic E-state index is 0.0278. The molecule has 25 heavy (non-hydrogen) atoms. The molecule has 0 aromatic heterocycles. The van der Waals surface area contributed by atoms with Crippen LogP contribution in [-0.4, -0.2) is 28.8 Å². The minimum Gasteiger partial charge on any atom is -0.350 e. The number of piperidine rings is 1. The number of amides is 1. The second-order valence-electron chi connectivity index (χ2n) is 5.97. The summed E-state index contributed by atoms with van der Waals surface area (Å²) in [6.07, 6.45) is 3.26. The summed E-state index contributed by atoms with van der Waals surface area (Å²) in [6, 6.07) is 11.3. The van der Waals surface area contributed by atoms with Gasteiger partial charge in [0.1, 0.15) is 5.69 Å². The van der Waals surface area contributed by atoms with Crippen molar-refractivity contribution in [2.75, 3.05) is 18.4 Å². The predicted molar refractivity (Wildman–Crippen MR) is 97.6 cm³/mol. The van der Waals surface area contributed by atoms with Gasteiger partial charge in [0.15, 0.2) is 0 Å². The molecule has 1 aliphatic heterocycles. The molecule has 1 heterocycles. The van der Waals surface area contributed by atoms with Crippen molar-refractivity contribution in [3.63, 3.8) is 0 Å². The van der Waals surface area contributed by atoms with Crippen LogP contribution in [0.4, 0.5) is 17.1 Å². The highest BCUT2D eigenvalue weighted by Gasteiger charge is 2.18. The molecule has 1 N–H and O–H groups in total. The molecule has 1 amide bonds. The smallest absolute Gasteiger partial charge is 0.292 e. The Morgan fingerprint density at radius 1 is 1.08 bits per heavy atom. The molecule has 0 spiro atoms. The highest BCUT2D eigenvalue weighted by Crippen LogP contribution is 2.30. The molecule has 3 rings (SSSR count). The third-order valence-corrected chi connectivity index (χ3v) is 4.44. The van der Waals surface area contributed by atoms with Gasteiger partial charge in [-0.1, -0.05) is 11.6 Å². The molecule has 2 aromatic rings. The van der Waals surface area contributed by atoms with Crippen LogP contribution in [0.1, 0.15) is 29.6 Å². The monoisotopic (exact) mass is 359 g/mol. The number of carbonyl (C=O) groups is 1. The van der Waals surface area contributed by atoms with Crippen molar-refractivity contribution in [3.8, 4) is 0 Å². The summed E-state index contributed by atoms with van der Waals surface area (Å²) in [5, 5.41) is 14.5. The van der Waals surface area contributed by atoms with Crippen molar-refractivity contribution in [3.05, 3.63) is 63.2 Å². The standard InChI is InChI=1S/C18H18ClN3O3/c19-14-6-9-17(22(24)25)16(12-14)20-15-7-4-13(5-8-15)18(23)21-10-2-1-3-11-21/h4-9,12,20H,1-3,10-11H2. The largest absolute Gasteiger partial charge is 0.350 e. The van der Waals surface area contributed by atoms with Crippen molar-refractivity contribution >= 4 is 34.6 Å². The topological polar surface area (TPSA) is 75.5 Å². The maximum Gasteiger partial charge on any atom is 0.292 e. The quantitative estimate of drug-likeness (QED) is 0.638. The number of nitro groups is 1. The molecule has 2 aromatic carbocycles. The van der Waals surface area contributed by atoms with E-state index in [4.69, 9.17) is 11.6 Å². The van der Waals surface area contributed by atoms with E-state index in [0.717, 1.165) is 25.9 Å². The Kier molecular flexibility index (Phi) is 5.19. The minimum atomic E-state index is -0.465. The first-order valence-corrected chi connectivity index (χ1v) is 8.53. The summed E-state index contributed by atoms with van der Waals surface area (Å²) in [5.41, 5.74) is 1.53. The van der Waals surface area contributed by atoms with Gasteiger partial charge in [-0.15, -0.1) is 0 Å². The number of rotatable bonds is 4. The molecule has 0 saturated carbocycles. The van der Waals surface area contributed by atoms with Crippen LogP contribution in [0.25, 0.3) is 0 Å². The number of anilines is 2. The maximum atomic E-state index is 12.5. The Morgan fingerprint density at radius 3 is 2.40 bits per heavy atom. The molecular formula is C18H18ClN3O3. The molecule has 0 radical (unpaired) electrons. The Morgan fingerprint density at radius 2 is 1.76 bits per heavy atom. The third kappa shape index (κ3) is 4.09. The lowest BCUT2D eigenvalue weighted by Gasteiger charge is -2.26. The molecule has 7 heteroatoms. The van der Waals surface area contributed by atoms with Crippen molar-refractivity contribution < 1.29 is 9.72 Å². The molecular weight excluding hydrogens is 342 g/mol. The zero-order valence-corrected chi connectivity index (χ0v) is 14.3. The van der Waals surface area contributed by atoms with Gasteiger partial charge >= 0.3 is 0 Å². The van der Waals surface area contributed by atoms with E-state index in [1.54, 1.807) is 24.3 Å². The number of halogens is 1. The first-order valence-electron chi connectivity index (χ1n) is 8.15. The van der Waals surface area contributed by atoms with Crippen molar-refractivity contribution in [1.82, 2.24) is 4.90 Å². The molecule has 0 aliphatic carbocycles. The highest BCUT2D eigenvalue weighted by molar-refractivity contribution is 6.31. The van der Waals surface area contributed by atoms with Crippen LogP contribution in [0.3, 0.4) is 0 Å². The molecule has 130 valence electrons. The molecule has 0 unspecified atom stereocenters. The average Bonchev–Trinajstić information content (AvgIpc) is 2.62. The van der Waals surface area contributed by atoms with Gasteiger partial charge < -0.3 is 10.2 Å². The zero-order chi connectivity index (χ0) is 17.8. The number of nitrogens with zero attached hydrogens (tertiary/aromatic N) is 2. The SMILES string of the molecule is O=C(c1ccc(Nc2cc(Cl)ccc2[N+](=O)[O-])cc1)N1CCCCC1. The first-order chi connectivity index (χ1) is 12.0. The molecule has 1 fully saturated rings. The fraction of sp³-hybridized carbons (Fsp3) is 0.278. The number of benzene rings is 2. The van der Waals surface area contributed by atoms with Gasteiger partial charge in [-0.05, 0) is 55.7 Å². The molecule has 6 nitrogen and oxygen atoms in total. The number of nitrogens with one attached hydrogen (secondary N) is 1. The van der Waals surface area contributed by atoms with E-state index < -0.39 is 4.92 Å². The van der Waals surface area contributed by atoms with Crippen LogP contribution in [0.5, 0.6) is 0 Å². The van der Waals surface area contributed by atoms with Gasteiger partial charge in [-0.3, -0.25) is 14.9 Å². The third-order valence-electron chi connectivity index (χ3n) is 4.21. The number of nitro benzene ring substituents is 1. The zero-order valence-electron chi connectivity index (χ0n) is 13.6. The lowest BCUT2D eigenvalue weighted by molar-refractivity contribution is -0.383. The predicted octanol–water partition coefficient (Wildman–Crippen LogP) is 4.62. The lowest BCUT2D eigenvalue weighted by Crippen LogP contribution is -2.35. The normalized spacial score (nSPS) is 14.2. The van der Waals surface area contributed by atoms with Gasteiger partial charge in [0.25, 0.3) is 11.6 Å². The highest BCUT2D eigenvalue weighted by atomic mass is 35.5. The van der Waals surface area contributed by atoms with Crippen LogP contribution in [0.15, 0.2) is 42.5 Å². The van der Waals surface area contributed by atoms with E-state index in [1.807, 2.05) is 4.90 Å². The van der Waals surface area contributed by atoms with Gasteiger partial charge in [0.2, 0.25) is 0 Å². The summed E-state index contributed by atoms with van der Waals surface area (Å²) < 4.78 is 0. The van der Waals surface area contributed by atoms with Crippen molar-refractivity contribution in [2.45, 2.75) is 19.3 Å². The van der Waals surface area contributed by atoms with Crippen LogP contribution in [-0.2, 0) is 0 Å². The summed E-state index contributed by atoms with van der Waals surface area (Å²) in [7, 11) is 0. The molecule has 1 saturated heterocycles. The fourth-order valence-electron chi connectivity index (χ4n) is 2.90. The fourth-order valence-corrected chi connectivity index (χ4v) is 3.07. The first kappa shape index (κ1) is 17.2. The summed E-state index contributed by atoms with van der Waals surface area (Å²) >= 11 is 5.93. The van der Waals surface area contributed by atoms with E-state index >= 15 is 0 Å². The van der Waals surface area contributed by atoms with Gasteiger partial charge in [-0.25, -0.2) is 0 Å². The average molecular weight is 360 g/mol. The summed E-state index contributed by atoms with van der Waals surface area (Å²) in [6.45, 7) is 1.60. The molecule has 1 aliphatic rings. The van der Waals surface area contributed by atoms with Crippen LogP contribution >= 0.6 is 11.6 Å². The van der Waals surface area contributed by atoms with Crippen LogP contribution in [0.2, 0.25) is 5.02 Å². The molecule has 0 atom stereocenters. The van der Waals surface area contributed by atoms with Gasteiger partial charge in [-0.2, -0.15) is 0 Å². The van der Waals surface area contributed by atoms with E-state index in [0.29, 0.717) is 22.0 Å². The summed E-state index contributed by atoms with van der Waals surface area (Å²) in [4.78, 5) is 25.0.